The van der Waals surface area contributed by atoms with Crippen LogP contribution in [0.3, 0.4) is 0 Å². The maximum Gasteiger partial charge on any atom is 0.0681 e. The molecule has 2 atom stereocenters. The van der Waals surface area contributed by atoms with Gasteiger partial charge in [-0.25, -0.2) is 0 Å². The van der Waals surface area contributed by atoms with Gasteiger partial charge in [0.1, 0.15) is 0 Å². The van der Waals surface area contributed by atoms with Crippen LogP contribution in [0.5, 0.6) is 0 Å². The van der Waals surface area contributed by atoms with Crippen LogP contribution in [-0.2, 0) is 13.0 Å². The van der Waals surface area contributed by atoms with Crippen LogP contribution in [0.4, 0.5) is 0 Å². The van der Waals surface area contributed by atoms with Gasteiger partial charge in [-0.1, -0.05) is 30.7 Å². The SMILES string of the molecule is OCc1ccc(CC2CCCC2O)cc1. The Kier molecular flexibility index (Phi) is 3.39. The number of benzene rings is 1. The van der Waals surface area contributed by atoms with E-state index >= 15 is 0 Å². The average molecular weight is 206 g/mol. The monoisotopic (exact) mass is 206 g/mol. The zero-order valence-corrected chi connectivity index (χ0v) is 8.89. The highest BCUT2D eigenvalue weighted by molar-refractivity contribution is 5.22. The molecule has 1 saturated carbocycles. The van der Waals surface area contributed by atoms with Crippen LogP contribution in [0.25, 0.3) is 0 Å². The summed E-state index contributed by atoms with van der Waals surface area (Å²) in [6, 6.07) is 8.01. The lowest BCUT2D eigenvalue weighted by atomic mass is 9.96. The van der Waals surface area contributed by atoms with E-state index in [1.165, 1.54) is 5.56 Å². The zero-order chi connectivity index (χ0) is 10.7. The second-order valence-electron chi connectivity index (χ2n) is 4.44. The van der Waals surface area contributed by atoms with Crippen LogP contribution >= 0.6 is 0 Å². The van der Waals surface area contributed by atoms with Gasteiger partial charge in [-0.3, -0.25) is 0 Å². The predicted molar refractivity (Wildman–Crippen MR) is 59.4 cm³/mol. The molecule has 0 spiro atoms. The van der Waals surface area contributed by atoms with Gasteiger partial charge < -0.3 is 10.2 Å². The fourth-order valence-electron chi connectivity index (χ4n) is 2.34. The maximum atomic E-state index is 9.71. The normalized spacial score (nSPS) is 25.7. The van der Waals surface area contributed by atoms with Crippen molar-refractivity contribution in [1.29, 1.82) is 0 Å². The summed E-state index contributed by atoms with van der Waals surface area (Å²) >= 11 is 0. The van der Waals surface area contributed by atoms with Crippen molar-refractivity contribution in [3.63, 3.8) is 0 Å². The van der Waals surface area contributed by atoms with Gasteiger partial charge >= 0.3 is 0 Å². The molecule has 2 rings (SSSR count). The summed E-state index contributed by atoms with van der Waals surface area (Å²) in [4.78, 5) is 0. The summed E-state index contributed by atoms with van der Waals surface area (Å²) < 4.78 is 0. The van der Waals surface area contributed by atoms with Gasteiger partial charge in [-0.15, -0.1) is 0 Å². The van der Waals surface area contributed by atoms with Gasteiger partial charge in [0.25, 0.3) is 0 Å². The van der Waals surface area contributed by atoms with Crippen molar-refractivity contribution in [2.75, 3.05) is 0 Å². The fourth-order valence-corrected chi connectivity index (χ4v) is 2.34. The van der Waals surface area contributed by atoms with Gasteiger partial charge in [0.2, 0.25) is 0 Å². The standard InChI is InChI=1S/C13H18O2/c14-9-11-6-4-10(5-7-11)8-12-2-1-3-13(12)15/h4-7,12-15H,1-3,8-9H2. The molecule has 0 radical (unpaired) electrons. The van der Waals surface area contributed by atoms with Gasteiger partial charge in [-0.05, 0) is 36.3 Å². The van der Waals surface area contributed by atoms with Crippen LogP contribution < -0.4 is 0 Å². The van der Waals surface area contributed by atoms with E-state index in [9.17, 15) is 5.11 Å². The smallest absolute Gasteiger partial charge is 0.0681 e. The highest BCUT2D eigenvalue weighted by Gasteiger charge is 2.24. The van der Waals surface area contributed by atoms with Gasteiger partial charge in [0.05, 0.1) is 12.7 Å². The molecule has 2 nitrogen and oxygen atoms in total. The first-order chi connectivity index (χ1) is 7.29. The molecule has 2 heteroatoms. The molecule has 0 saturated heterocycles. The second kappa shape index (κ2) is 4.77. The minimum atomic E-state index is -0.109. The second-order valence-corrected chi connectivity index (χ2v) is 4.44. The van der Waals surface area contributed by atoms with E-state index in [0.717, 1.165) is 31.2 Å². The molecule has 1 aliphatic carbocycles. The lowest BCUT2D eigenvalue weighted by molar-refractivity contribution is 0.132. The molecular weight excluding hydrogens is 188 g/mol. The van der Waals surface area contributed by atoms with Crippen molar-refractivity contribution < 1.29 is 10.2 Å². The summed E-state index contributed by atoms with van der Waals surface area (Å²) in [5, 5.41) is 18.6. The van der Waals surface area contributed by atoms with Crippen LogP contribution in [-0.4, -0.2) is 16.3 Å². The average Bonchev–Trinajstić information content (AvgIpc) is 2.66. The number of hydrogen-bond donors (Lipinski definition) is 2. The van der Waals surface area contributed by atoms with Gasteiger partial charge in [-0.2, -0.15) is 0 Å². The molecule has 0 bridgehead atoms. The molecule has 0 amide bonds. The van der Waals surface area contributed by atoms with Crippen molar-refractivity contribution in [1.82, 2.24) is 0 Å². The Labute approximate surface area is 90.6 Å². The Balaban J connectivity index is 1.98. The summed E-state index contributed by atoms with van der Waals surface area (Å²) in [5.41, 5.74) is 2.21. The number of aliphatic hydroxyl groups excluding tert-OH is 2. The molecule has 1 aromatic carbocycles. The topological polar surface area (TPSA) is 40.5 Å². The first-order valence-corrected chi connectivity index (χ1v) is 5.66. The summed E-state index contributed by atoms with van der Waals surface area (Å²) in [7, 11) is 0. The molecule has 15 heavy (non-hydrogen) atoms. The summed E-state index contributed by atoms with van der Waals surface area (Å²) in [6.45, 7) is 0.104. The quantitative estimate of drug-likeness (QED) is 0.792. The first kappa shape index (κ1) is 10.7. The van der Waals surface area contributed by atoms with E-state index in [-0.39, 0.29) is 12.7 Å². The van der Waals surface area contributed by atoms with E-state index in [1.54, 1.807) is 0 Å². The molecule has 2 unspecified atom stereocenters. The molecule has 2 N–H and O–H groups in total. The third kappa shape index (κ3) is 2.58. The van der Waals surface area contributed by atoms with Crippen molar-refractivity contribution >= 4 is 0 Å². The van der Waals surface area contributed by atoms with Crippen molar-refractivity contribution in [2.24, 2.45) is 5.92 Å². The molecule has 1 aliphatic rings. The highest BCUT2D eigenvalue weighted by Crippen LogP contribution is 2.28. The third-order valence-corrected chi connectivity index (χ3v) is 3.32. The van der Waals surface area contributed by atoms with E-state index in [0.29, 0.717) is 5.92 Å². The molecule has 82 valence electrons. The third-order valence-electron chi connectivity index (χ3n) is 3.32. The van der Waals surface area contributed by atoms with Crippen LogP contribution in [0.2, 0.25) is 0 Å². The molecule has 1 fully saturated rings. The Bertz CT molecular complexity index is 305. The lowest BCUT2D eigenvalue weighted by Crippen LogP contribution is -2.15. The van der Waals surface area contributed by atoms with Crippen molar-refractivity contribution in [2.45, 2.75) is 38.4 Å². The largest absolute Gasteiger partial charge is 0.393 e. The Hall–Kier alpha value is -0.860. The molecule has 0 heterocycles. The van der Waals surface area contributed by atoms with Crippen LogP contribution in [0.1, 0.15) is 30.4 Å². The first-order valence-electron chi connectivity index (χ1n) is 5.66. The van der Waals surface area contributed by atoms with Crippen molar-refractivity contribution in [3.8, 4) is 0 Å². The molecule has 1 aromatic rings. The Morgan fingerprint density at radius 1 is 1.07 bits per heavy atom. The van der Waals surface area contributed by atoms with E-state index in [4.69, 9.17) is 5.11 Å². The molecular formula is C13H18O2. The minimum absolute atomic E-state index is 0.104. The van der Waals surface area contributed by atoms with Crippen LogP contribution in [0, 0.1) is 5.92 Å². The highest BCUT2D eigenvalue weighted by atomic mass is 16.3. The summed E-state index contributed by atoms with van der Waals surface area (Å²) in [5.74, 6) is 0.435. The summed E-state index contributed by atoms with van der Waals surface area (Å²) in [6.07, 6.45) is 4.11. The number of rotatable bonds is 3. The van der Waals surface area contributed by atoms with E-state index in [2.05, 4.69) is 12.1 Å². The Morgan fingerprint density at radius 3 is 2.27 bits per heavy atom. The maximum absolute atomic E-state index is 9.71. The van der Waals surface area contributed by atoms with Crippen LogP contribution in [0.15, 0.2) is 24.3 Å². The number of hydrogen-bond acceptors (Lipinski definition) is 2. The van der Waals surface area contributed by atoms with E-state index in [1.807, 2.05) is 12.1 Å². The predicted octanol–water partition coefficient (Wildman–Crippen LogP) is 1.88. The van der Waals surface area contributed by atoms with Crippen molar-refractivity contribution in [3.05, 3.63) is 35.4 Å². The Morgan fingerprint density at radius 2 is 1.73 bits per heavy atom. The van der Waals surface area contributed by atoms with Gasteiger partial charge in [0, 0.05) is 0 Å². The lowest BCUT2D eigenvalue weighted by Gasteiger charge is -2.14. The molecule has 0 aromatic heterocycles. The van der Waals surface area contributed by atoms with E-state index < -0.39 is 0 Å². The molecule has 0 aliphatic heterocycles. The number of aliphatic hydroxyl groups is 2. The minimum Gasteiger partial charge on any atom is -0.393 e. The fraction of sp³-hybridized carbons (Fsp3) is 0.538. The van der Waals surface area contributed by atoms with Gasteiger partial charge in [0.15, 0.2) is 0 Å². The zero-order valence-electron chi connectivity index (χ0n) is 8.89.